The fraction of sp³-hybridized carbons (Fsp3) is 0.222. The van der Waals surface area contributed by atoms with Crippen LogP contribution in [0.4, 0.5) is 23.7 Å². The predicted molar refractivity (Wildman–Crippen MR) is 91.2 cm³/mol. The van der Waals surface area contributed by atoms with Crippen molar-refractivity contribution in [3.63, 3.8) is 0 Å². The number of anilines is 1. The molecular weight excluding hydrogens is 365 g/mol. The molecule has 0 saturated heterocycles. The number of phenolic OH excluding ortho intramolecular Hbond substituents is 1. The summed E-state index contributed by atoms with van der Waals surface area (Å²) in [5.41, 5.74) is -0.341. The molecule has 0 aliphatic carbocycles. The number of urea groups is 1. The summed E-state index contributed by atoms with van der Waals surface area (Å²) in [5.74, 6) is -0.675. The second-order valence-corrected chi connectivity index (χ2v) is 5.62. The minimum atomic E-state index is -4.54. The first kappa shape index (κ1) is 20.1. The molecule has 144 valence electrons. The van der Waals surface area contributed by atoms with Gasteiger partial charge in [-0.15, -0.1) is 0 Å². The highest BCUT2D eigenvalue weighted by Crippen LogP contribution is 2.30. The molecule has 6 nitrogen and oxygen atoms in total. The summed E-state index contributed by atoms with van der Waals surface area (Å²) in [6.07, 6.45) is -4.47. The van der Waals surface area contributed by atoms with E-state index < -0.39 is 29.8 Å². The SMILES string of the molecule is COC(=O)C(Cc1ccc(O)cc1)NC(=O)Nc1cccc(C(F)(F)F)c1. The van der Waals surface area contributed by atoms with Crippen LogP contribution in [0.5, 0.6) is 5.75 Å². The van der Waals surface area contributed by atoms with Crippen LogP contribution in [0.15, 0.2) is 48.5 Å². The van der Waals surface area contributed by atoms with Crippen LogP contribution in [0.25, 0.3) is 0 Å². The standard InChI is InChI=1S/C18H17F3N2O4/c1-27-16(25)15(9-11-5-7-14(24)8-6-11)23-17(26)22-13-4-2-3-12(10-13)18(19,20)21/h2-8,10,15,24H,9H2,1H3,(H2,22,23,26). The van der Waals surface area contributed by atoms with Crippen LogP contribution in [0, 0.1) is 0 Å². The quantitative estimate of drug-likeness (QED) is 0.693. The molecule has 2 rings (SSSR count). The van der Waals surface area contributed by atoms with Gasteiger partial charge >= 0.3 is 18.2 Å². The van der Waals surface area contributed by atoms with Crippen LogP contribution in [0.1, 0.15) is 11.1 Å². The largest absolute Gasteiger partial charge is 0.508 e. The minimum absolute atomic E-state index is 0.0450. The lowest BCUT2D eigenvalue weighted by atomic mass is 10.1. The predicted octanol–water partition coefficient (Wildman–Crippen LogP) is 3.32. The van der Waals surface area contributed by atoms with Gasteiger partial charge in [0, 0.05) is 12.1 Å². The van der Waals surface area contributed by atoms with Crippen LogP contribution in [-0.2, 0) is 22.1 Å². The van der Waals surface area contributed by atoms with E-state index in [-0.39, 0.29) is 17.9 Å². The van der Waals surface area contributed by atoms with Gasteiger partial charge in [0.15, 0.2) is 0 Å². The number of carbonyl (C=O) groups is 2. The maximum absolute atomic E-state index is 12.7. The van der Waals surface area contributed by atoms with Gasteiger partial charge in [0.1, 0.15) is 11.8 Å². The van der Waals surface area contributed by atoms with Gasteiger partial charge in [0.25, 0.3) is 0 Å². The van der Waals surface area contributed by atoms with Crippen molar-refractivity contribution in [2.75, 3.05) is 12.4 Å². The Bertz CT molecular complexity index is 807. The Morgan fingerprint density at radius 1 is 1.15 bits per heavy atom. The first-order chi connectivity index (χ1) is 12.7. The Kier molecular flexibility index (Phi) is 6.27. The average molecular weight is 382 g/mol. The first-order valence-electron chi connectivity index (χ1n) is 7.79. The number of methoxy groups -OCH3 is 1. The molecule has 0 fully saturated rings. The van der Waals surface area contributed by atoms with Crippen LogP contribution in [0.3, 0.4) is 0 Å². The summed E-state index contributed by atoms with van der Waals surface area (Å²) in [6, 6.07) is 8.18. The van der Waals surface area contributed by atoms with Gasteiger partial charge < -0.3 is 20.5 Å². The molecule has 0 spiro atoms. The number of hydrogen-bond acceptors (Lipinski definition) is 4. The number of ether oxygens (including phenoxy) is 1. The molecular formula is C18H17F3N2O4. The molecule has 1 unspecified atom stereocenters. The van der Waals surface area contributed by atoms with Crippen molar-refractivity contribution in [2.45, 2.75) is 18.6 Å². The molecule has 2 aromatic rings. The van der Waals surface area contributed by atoms with Crippen molar-refractivity contribution >= 4 is 17.7 Å². The maximum atomic E-state index is 12.7. The van der Waals surface area contributed by atoms with Crippen molar-refractivity contribution in [1.82, 2.24) is 5.32 Å². The lowest BCUT2D eigenvalue weighted by Gasteiger charge is -2.17. The van der Waals surface area contributed by atoms with Crippen molar-refractivity contribution in [1.29, 1.82) is 0 Å². The number of nitrogens with one attached hydrogen (secondary N) is 2. The third-order valence-electron chi connectivity index (χ3n) is 3.61. The Hall–Kier alpha value is -3.23. The second kappa shape index (κ2) is 8.43. The first-order valence-corrected chi connectivity index (χ1v) is 7.79. The molecule has 27 heavy (non-hydrogen) atoms. The summed E-state index contributed by atoms with van der Waals surface area (Å²) >= 11 is 0. The molecule has 2 aromatic carbocycles. The highest BCUT2D eigenvalue weighted by atomic mass is 19.4. The zero-order chi connectivity index (χ0) is 20.0. The van der Waals surface area contributed by atoms with E-state index in [9.17, 15) is 27.9 Å². The fourth-order valence-electron chi connectivity index (χ4n) is 2.30. The summed E-state index contributed by atoms with van der Waals surface area (Å²) in [5, 5.41) is 13.9. The number of halogens is 3. The number of amides is 2. The molecule has 3 N–H and O–H groups in total. The van der Waals surface area contributed by atoms with Gasteiger partial charge in [-0.2, -0.15) is 13.2 Å². The Labute approximate surface area is 153 Å². The van der Waals surface area contributed by atoms with Gasteiger partial charge in [-0.1, -0.05) is 18.2 Å². The van der Waals surface area contributed by atoms with E-state index in [2.05, 4.69) is 15.4 Å². The zero-order valence-corrected chi connectivity index (χ0v) is 14.2. The maximum Gasteiger partial charge on any atom is 0.416 e. The third-order valence-corrected chi connectivity index (χ3v) is 3.61. The summed E-state index contributed by atoms with van der Waals surface area (Å²) < 4.78 is 42.8. The zero-order valence-electron chi connectivity index (χ0n) is 14.2. The Morgan fingerprint density at radius 2 is 1.81 bits per heavy atom. The van der Waals surface area contributed by atoms with Crippen LogP contribution >= 0.6 is 0 Å². The molecule has 0 aliphatic heterocycles. The van der Waals surface area contributed by atoms with Crippen molar-refractivity contribution < 1.29 is 32.6 Å². The highest BCUT2D eigenvalue weighted by Gasteiger charge is 2.30. The van der Waals surface area contributed by atoms with Gasteiger partial charge in [-0.3, -0.25) is 0 Å². The second-order valence-electron chi connectivity index (χ2n) is 5.62. The Morgan fingerprint density at radius 3 is 2.41 bits per heavy atom. The van der Waals surface area contributed by atoms with E-state index in [1.54, 1.807) is 12.1 Å². The molecule has 0 aliphatic rings. The number of alkyl halides is 3. The summed E-state index contributed by atoms with van der Waals surface area (Å²) in [4.78, 5) is 24.0. The van der Waals surface area contributed by atoms with Crippen molar-refractivity contribution in [3.8, 4) is 5.75 Å². The van der Waals surface area contributed by atoms with E-state index in [4.69, 9.17) is 0 Å². The molecule has 0 heterocycles. The van der Waals surface area contributed by atoms with Crippen molar-refractivity contribution in [3.05, 3.63) is 59.7 Å². The molecule has 1 atom stereocenters. The number of esters is 1. The highest BCUT2D eigenvalue weighted by molar-refractivity contribution is 5.92. The van der Waals surface area contributed by atoms with Crippen molar-refractivity contribution in [2.24, 2.45) is 0 Å². The van der Waals surface area contributed by atoms with E-state index >= 15 is 0 Å². The smallest absolute Gasteiger partial charge is 0.416 e. The number of benzene rings is 2. The molecule has 2 amide bonds. The monoisotopic (exact) mass is 382 g/mol. The summed E-state index contributed by atoms with van der Waals surface area (Å²) in [6.45, 7) is 0. The van der Waals surface area contributed by atoms with E-state index in [1.807, 2.05) is 0 Å². The molecule has 9 heteroatoms. The molecule has 0 radical (unpaired) electrons. The topological polar surface area (TPSA) is 87.7 Å². The van der Waals surface area contributed by atoms with E-state index in [1.165, 1.54) is 18.2 Å². The molecule has 0 bridgehead atoms. The van der Waals surface area contributed by atoms with Gasteiger partial charge in [0.2, 0.25) is 0 Å². The van der Waals surface area contributed by atoms with E-state index in [0.717, 1.165) is 25.3 Å². The fourth-order valence-corrected chi connectivity index (χ4v) is 2.30. The number of carbonyl (C=O) groups excluding carboxylic acids is 2. The third kappa shape index (κ3) is 5.91. The lowest BCUT2D eigenvalue weighted by Crippen LogP contribution is -2.45. The van der Waals surface area contributed by atoms with Gasteiger partial charge in [-0.25, -0.2) is 9.59 Å². The molecule has 0 aromatic heterocycles. The number of rotatable bonds is 5. The lowest BCUT2D eigenvalue weighted by molar-refractivity contribution is -0.142. The van der Waals surface area contributed by atoms with Gasteiger partial charge in [0.05, 0.1) is 12.7 Å². The van der Waals surface area contributed by atoms with E-state index in [0.29, 0.717) is 5.56 Å². The average Bonchev–Trinajstić information content (AvgIpc) is 2.61. The minimum Gasteiger partial charge on any atom is -0.508 e. The van der Waals surface area contributed by atoms with Crippen LogP contribution in [0.2, 0.25) is 0 Å². The molecule has 0 saturated carbocycles. The number of aromatic hydroxyl groups is 1. The van der Waals surface area contributed by atoms with Crippen LogP contribution in [-0.4, -0.2) is 30.3 Å². The summed E-state index contributed by atoms with van der Waals surface area (Å²) in [7, 11) is 1.15. The normalized spacial score (nSPS) is 12.1. The van der Waals surface area contributed by atoms with Gasteiger partial charge in [-0.05, 0) is 35.9 Å². The number of hydrogen-bond donors (Lipinski definition) is 3. The van der Waals surface area contributed by atoms with Crippen LogP contribution < -0.4 is 10.6 Å². The Balaban J connectivity index is 2.07. The number of phenols is 1.